The first-order chi connectivity index (χ1) is 6.44. The van der Waals surface area contributed by atoms with Crippen LogP contribution in [0, 0.1) is 0 Å². The van der Waals surface area contributed by atoms with Crippen LogP contribution in [0.1, 0.15) is 27.2 Å². The van der Waals surface area contributed by atoms with Crippen molar-refractivity contribution in [2.75, 3.05) is 5.73 Å². The molecule has 0 aromatic carbocycles. The average molecular weight is 260 g/mol. The molecule has 14 heavy (non-hydrogen) atoms. The second-order valence-corrected chi connectivity index (χ2v) is 4.45. The van der Waals surface area contributed by atoms with Crippen molar-refractivity contribution in [1.82, 2.24) is 9.97 Å². The van der Waals surface area contributed by atoms with Crippen molar-refractivity contribution in [3.8, 4) is 5.88 Å². The van der Waals surface area contributed by atoms with Crippen LogP contribution in [0.15, 0.2) is 10.7 Å². The van der Waals surface area contributed by atoms with Gasteiger partial charge >= 0.3 is 0 Å². The second-order valence-electron chi connectivity index (χ2n) is 3.60. The first kappa shape index (κ1) is 11.2. The number of hydrogen-bond acceptors (Lipinski definition) is 4. The smallest absolute Gasteiger partial charge is 0.233 e. The molecule has 0 aliphatic heterocycles. The molecule has 78 valence electrons. The maximum atomic E-state index is 5.68. The van der Waals surface area contributed by atoms with Gasteiger partial charge in [-0.3, -0.25) is 0 Å². The SMILES string of the molecule is CCC(C)(C)Oc1nc(N)ncc1Br. The van der Waals surface area contributed by atoms with Crippen LogP contribution in [-0.4, -0.2) is 15.6 Å². The lowest BCUT2D eigenvalue weighted by molar-refractivity contribution is 0.0980. The zero-order chi connectivity index (χ0) is 10.8. The highest BCUT2D eigenvalue weighted by Crippen LogP contribution is 2.26. The molecule has 1 heterocycles. The predicted octanol–water partition coefficient (Wildman–Crippen LogP) is 2.39. The third-order valence-corrected chi connectivity index (χ3v) is 2.50. The van der Waals surface area contributed by atoms with E-state index in [2.05, 4.69) is 32.8 Å². The highest BCUT2D eigenvalue weighted by molar-refractivity contribution is 9.10. The Morgan fingerprint density at radius 2 is 2.21 bits per heavy atom. The van der Waals surface area contributed by atoms with Crippen LogP contribution in [-0.2, 0) is 0 Å². The molecular weight excluding hydrogens is 246 g/mol. The Morgan fingerprint density at radius 3 is 2.79 bits per heavy atom. The van der Waals surface area contributed by atoms with Crippen molar-refractivity contribution >= 4 is 21.9 Å². The van der Waals surface area contributed by atoms with Crippen LogP contribution in [0.4, 0.5) is 5.95 Å². The van der Waals surface area contributed by atoms with Crippen molar-refractivity contribution in [2.45, 2.75) is 32.8 Å². The highest BCUT2D eigenvalue weighted by Gasteiger charge is 2.19. The number of aromatic nitrogens is 2. The Labute approximate surface area is 92.0 Å². The molecule has 0 unspecified atom stereocenters. The maximum absolute atomic E-state index is 5.68. The summed E-state index contributed by atoms with van der Waals surface area (Å²) in [6.07, 6.45) is 2.48. The largest absolute Gasteiger partial charge is 0.471 e. The van der Waals surface area contributed by atoms with Crippen LogP contribution in [0.5, 0.6) is 5.88 Å². The van der Waals surface area contributed by atoms with Gasteiger partial charge in [-0.25, -0.2) is 4.98 Å². The first-order valence-corrected chi connectivity index (χ1v) is 5.21. The number of nitrogen functional groups attached to an aromatic ring is 1. The molecule has 0 saturated carbocycles. The van der Waals surface area contributed by atoms with Gasteiger partial charge in [0.1, 0.15) is 5.60 Å². The number of nitrogens with zero attached hydrogens (tertiary/aromatic N) is 2. The Kier molecular flexibility index (Phi) is 3.31. The Morgan fingerprint density at radius 1 is 1.57 bits per heavy atom. The zero-order valence-electron chi connectivity index (χ0n) is 8.54. The maximum Gasteiger partial charge on any atom is 0.233 e. The molecule has 0 aliphatic carbocycles. The first-order valence-electron chi connectivity index (χ1n) is 4.41. The summed E-state index contributed by atoms with van der Waals surface area (Å²) in [5.74, 6) is 0.708. The summed E-state index contributed by atoms with van der Waals surface area (Å²) in [5, 5.41) is 0. The minimum Gasteiger partial charge on any atom is -0.471 e. The average Bonchev–Trinajstić information content (AvgIpc) is 2.11. The van der Waals surface area contributed by atoms with Gasteiger partial charge in [0.2, 0.25) is 11.8 Å². The van der Waals surface area contributed by atoms with Gasteiger partial charge in [-0.1, -0.05) is 6.92 Å². The molecule has 1 aromatic heterocycles. The van der Waals surface area contributed by atoms with Crippen LogP contribution in [0.2, 0.25) is 0 Å². The van der Waals surface area contributed by atoms with Gasteiger partial charge in [-0.05, 0) is 36.2 Å². The monoisotopic (exact) mass is 259 g/mol. The van der Waals surface area contributed by atoms with Gasteiger partial charge in [0, 0.05) is 0 Å². The molecule has 1 rings (SSSR count). The predicted molar refractivity (Wildman–Crippen MR) is 59.1 cm³/mol. The highest BCUT2D eigenvalue weighted by atomic mass is 79.9. The number of halogens is 1. The molecule has 0 fully saturated rings. The molecule has 0 amide bonds. The van der Waals surface area contributed by atoms with Crippen LogP contribution < -0.4 is 10.5 Å². The summed E-state index contributed by atoms with van der Waals surface area (Å²) in [6, 6.07) is 0. The normalized spacial score (nSPS) is 11.4. The van der Waals surface area contributed by atoms with E-state index in [1.165, 1.54) is 0 Å². The van der Waals surface area contributed by atoms with Crippen molar-refractivity contribution in [3.05, 3.63) is 10.7 Å². The summed E-state index contributed by atoms with van der Waals surface area (Å²) in [5.41, 5.74) is 5.22. The topological polar surface area (TPSA) is 61.0 Å². The van der Waals surface area contributed by atoms with Gasteiger partial charge in [0.15, 0.2) is 0 Å². The molecule has 0 spiro atoms. The molecular formula is C9H14BrN3O. The van der Waals surface area contributed by atoms with Crippen molar-refractivity contribution in [2.24, 2.45) is 0 Å². The molecule has 0 atom stereocenters. The van der Waals surface area contributed by atoms with E-state index in [1.54, 1.807) is 6.20 Å². The summed E-state index contributed by atoms with van der Waals surface area (Å²) in [7, 11) is 0. The van der Waals surface area contributed by atoms with Gasteiger partial charge in [0.05, 0.1) is 10.7 Å². The van der Waals surface area contributed by atoms with Gasteiger partial charge in [0.25, 0.3) is 0 Å². The van der Waals surface area contributed by atoms with Crippen molar-refractivity contribution < 1.29 is 4.74 Å². The summed E-state index contributed by atoms with van der Waals surface area (Å²) < 4.78 is 6.40. The lowest BCUT2D eigenvalue weighted by Gasteiger charge is -2.24. The van der Waals surface area contributed by atoms with E-state index in [9.17, 15) is 0 Å². The van der Waals surface area contributed by atoms with E-state index in [-0.39, 0.29) is 11.5 Å². The van der Waals surface area contributed by atoms with E-state index >= 15 is 0 Å². The Bertz CT molecular complexity index is 328. The molecule has 1 aromatic rings. The van der Waals surface area contributed by atoms with E-state index in [0.717, 1.165) is 6.42 Å². The number of anilines is 1. The minimum absolute atomic E-state index is 0.218. The third kappa shape index (κ3) is 2.83. The van der Waals surface area contributed by atoms with Gasteiger partial charge in [-0.15, -0.1) is 0 Å². The van der Waals surface area contributed by atoms with E-state index in [4.69, 9.17) is 10.5 Å². The fourth-order valence-electron chi connectivity index (χ4n) is 0.770. The van der Waals surface area contributed by atoms with Gasteiger partial charge in [-0.2, -0.15) is 4.98 Å². The minimum atomic E-state index is -0.247. The van der Waals surface area contributed by atoms with Crippen LogP contribution in [0.25, 0.3) is 0 Å². The molecule has 5 heteroatoms. The second kappa shape index (κ2) is 4.13. The fraction of sp³-hybridized carbons (Fsp3) is 0.556. The molecule has 2 N–H and O–H groups in total. The van der Waals surface area contributed by atoms with E-state index in [0.29, 0.717) is 10.4 Å². The third-order valence-electron chi connectivity index (χ3n) is 1.95. The standard InChI is InChI=1S/C9H14BrN3O/c1-4-9(2,3)14-7-6(10)5-12-8(11)13-7/h5H,4H2,1-3H3,(H2,11,12,13). The number of ether oxygens (including phenoxy) is 1. The molecule has 0 bridgehead atoms. The van der Waals surface area contributed by atoms with Crippen molar-refractivity contribution in [3.63, 3.8) is 0 Å². The fourth-order valence-corrected chi connectivity index (χ4v) is 1.04. The summed E-state index contributed by atoms with van der Waals surface area (Å²) >= 11 is 3.31. The lowest BCUT2D eigenvalue weighted by atomic mass is 10.1. The number of nitrogens with two attached hydrogens (primary N) is 1. The lowest BCUT2D eigenvalue weighted by Crippen LogP contribution is -2.27. The molecule has 0 aliphatic rings. The van der Waals surface area contributed by atoms with E-state index in [1.807, 2.05) is 13.8 Å². The Balaban J connectivity index is 2.91. The Hall–Kier alpha value is -0.840. The van der Waals surface area contributed by atoms with Crippen molar-refractivity contribution in [1.29, 1.82) is 0 Å². The number of rotatable bonds is 3. The van der Waals surface area contributed by atoms with Crippen LogP contribution in [0.3, 0.4) is 0 Å². The zero-order valence-corrected chi connectivity index (χ0v) is 10.1. The molecule has 4 nitrogen and oxygen atoms in total. The van der Waals surface area contributed by atoms with Crippen LogP contribution >= 0.6 is 15.9 Å². The molecule has 0 saturated heterocycles. The molecule has 0 radical (unpaired) electrons. The van der Waals surface area contributed by atoms with E-state index < -0.39 is 0 Å². The van der Waals surface area contributed by atoms with Gasteiger partial charge < -0.3 is 10.5 Å². The summed E-state index contributed by atoms with van der Waals surface area (Å²) in [4.78, 5) is 7.84. The summed E-state index contributed by atoms with van der Waals surface area (Å²) in [6.45, 7) is 6.05. The number of hydrogen-bond donors (Lipinski definition) is 1. The quantitative estimate of drug-likeness (QED) is 0.906.